The predicted molar refractivity (Wildman–Crippen MR) is 58.9 cm³/mol. The number of amides is 1. The van der Waals surface area contributed by atoms with Gasteiger partial charge in [-0.25, -0.2) is 8.78 Å². The van der Waals surface area contributed by atoms with Gasteiger partial charge in [0.1, 0.15) is 0 Å². The highest BCUT2D eigenvalue weighted by Crippen LogP contribution is 2.32. The Balaban J connectivity index is 2.36. The number of carboxylic acids is 1. The number of carbonyl (C=O) groups is 2. The maximum Gasteiger partial charge on any atom is 0.308 e. The zero-order valence-electron chi connectivity index (χ0n) is 9.19. The SMILES string of the molecule is Nc1c(N2CC(C(=O)O)CC2=O)ccc(F)c1F. The summed E-state index contributed by atoms with van der Waals surface area (Å²) in [5.41, 5.74) is 4.90. The highest BCUT2D eigenvalue weighted by molar-refractivity contribution is 6.01. The summed E-state index contributed by atoms with van der Waals surface area (Å²) in [5.74, 6) is -4.78. The Bertz CT molecular complexity index is 533. The van der Waals surface area contributed by atoms with Crippen LogP contribution in [0.25, 0.3) is 0 Å². The lowest BCUT2D eigenvalue weighted by Gasteiger charge is -2.18. The Hall–Kier alpha value is -2.18. The lowest BCUT2D eigenvalue weighted by molar-refractivity contribution is -0.141. The van der Waals surface area contributed by atoms with Crippen LogP contribution >= 0.6 is 0 Å². The second-order valence-electron chi connectivity index (χ2n) is 4.04. The summed E-state index contributed by atoms with van der Waals surface area (Å²) in [6.45, 7) is -0.0938. The third kappa shape index (κ3) is 1.87. The first-order chi connectivity index (χ1) is 8.41. The molecule has 18 heavy (non-hydrogen) atoms. The van der Waals surface area contributed by atoms with Crippen molar-refractivity contribution in [3.8, 4) is 0 Å². The Kier molecular flexibility index (Phi) is 2.90. The van der Waals surface area contributed by atoms with Crippen LogP contribution in [-0.4, -0.2) is 23.5 Å². The Morgan fingerprint density at radius 1 is 1.44 bits per heavy atom. The lowest BCUT2D eigenvalue weighted by atomic mass is 10.1. The number of carbonyl (C=O) groups excluding carboxylic acids is 1. The summed E-state index contributed by atoms with van der Waals surface area (Å²) >= 11 is 0. The van der Waals surface area contributed by atoms with Crippen LogP contribution in [0.2, 0.25) is 0 Å². The van der Waals surface area contributed by atoms with Gasteiger partial charge < -0.3 is 15.7 Å². The number of nitrogens with zero attached hydrogens (tertiary/aromatic N) is 1. The molecule has 1 fully saturated rings. The largest absolute Gasteiger partial charge is 0.481 e. The maximum atomic E-state index is 13.3. The van der Waals surface area contributed by atoms with Crippen molar-refractivity contribution in [1.29, 1.82) is 0 Å². The van der Waals surface area contributed by atoms with Crippen molar-refractivity contribution < 1.29 is 23.5 Å². The molecule has 1 aliphatic heterocycles. The first-order valence-corrected chi connectivity index (χ1v) is 5.18. The summed E-state index contributed by atoms with van der Waals surface area (Å²) in [6.07, 6.45) is -0.173. The fourth-order valence-corrected chi connectivity index (χ4v) is 1.90. The summed E-state index contributed by atoms with van der Waals surface area (Å²) in [4.78, 5) is 23.5. The van der Waals surface area contributed by atoms with Gasteiger partial charge in [-0.05, 0) is 12.1 Å². The van der Waals surface area contributed by atoms with E-state index in [1.54, 1.807) is 0 Å². The van der Waals surface area contributed by atoms with Crippen molar-refractivity contribution in [2.75, 3.05) is 17.2 Å². The first kappa shape index (κ1) is 12.3. The van der Waals surface area contributed by atoms with Gasteiger partial charge in [0.05, 0.1) is 17.3 Å². The van der Waals surface area contributed by atoms with Crippen molar-refractivity contribution in [3.63, 3.8) is 0 Å². The fourth-order valence-electron chi connectivity index (χ4n) is 1.90. The van der Waals surface area contributed by atoms with Gasteiger partial charge in [0.15, 0.2) is 11.6 Å². The number of aliphatic carboxylic acids is 1. The van der Waals surface area contributed by atoms with Crippen LogP contribution < -0.4 is 10.6 Å². The minimum atomic E-state index is -1.24. The molecule has 1 atom stereocenters. The van der Waals surface area contributed by atoms with E-state index < -0.39 is 35.1 Å². The highest BCUT2D eigenvalue weighted by atomic mass is 19.2. The zero-order chi connectivity index (χ0) is 13.4. The highest BCUT2D eigenvalue weighted by Gasteiger charge is 2.36. The topological polar surface area (TPSA) is 83.6 Å². The third-order valence-corrected chi connectivity index (χ3v) is 2.87. The number of nitrogen functional groups attached to an aromatic ring is 1. The summed E-state index contributed by atoms with van der Waals surface area (Å²) in [6, 6.07) is 2.01. The normalized spacial score (nSPS) is 19.3. The molecule has 5 nitrogen and oxygen atoms in total. The predicted octanol–water partition coefficient (Wildman–Crippen LogP) is 0.984. The monoisotopic (exact) mass is 256 g/mol. The van der Waals surface area contributed by atoms with Gasteiger partial charge in [-0.15, -0.1) is 0 Å². The average molecular weight is 256 g/mol. The molecule has 0 radical (unpaired) electrons. The van der Waals surface area contributed by atoms with E-state index in [9.17, 15) is 18.4 Å². The van der Waals surface area contributed by atoms with Gasteiger partial charge in [0.25, 0.3) is 0 Å². The number of halogens is 2. The minimum Gasteiger partial charge on any atom is -0.481 e. The van der Waals surface area contributed by atoms with E-state index in [1.807, 2.05) is 0 Å². The number of anilines is 2. The van der Waals surface area contributed by atoms with E-state index in [0.717, 1.165) is 17.0 Å². The van der Waals surface area contributed by atoms with E-state index in [2.05, 4.69) is 0 Å². The molecule has 1 aliphatic rings. The van der Waals surface area contributed by atoms with E-state index in [-0.39, 0.29) is 18.7 Å². The standard InChI is InChI=1S/C11H10F2N2O3/c12-6-1-2-7(10(14)9(6)13)15-4-5(11(17)18)3-8(15)16/h1-2,5H,3-4,14H2,(H,17,18). The molecular formula is C11H10F2N2O3. The van der Waals surface area contributed by atoms with Crippen LogP contribution in [-0.2, 0) is 9.59 Å². The smallest absolute Gasteiger partial charge is 0.308 e. The summed E-state index contributed by atoms with van der Waals surface area (Å²) < 4.78 is 26.2. The molecule has 3 N–H and O–H groups in total. The summed E-state index contributed by atoms with van der Waals surface area (Å²) in [7, 11) is 0. The number of carboxylic acid groups (broad SMARTS) is 1. The molecule has 1 unspecified atom stereocenters. The Labute approximate surface area is 101 Å². The van der Waals surface area contributed by atoms with Crippen LogP contribution in [0.4, 0.5) is 20.2 Å². The van der Waals surface area contributed by atoms with E-state index in [4.69, 9.17) is 10.8 Å². The van der Waals surface area contributed by atoms with Crippen molar-refractivity contribution in [2.45, 2.75) is 6.42 Å². The van der Waals surface area contributed by atoms with Gasteiger partial charge >= 0.3 is 5.97 Å². The van der Waals surface area contributed by atoms with Gasteiger partial charge in [-0.2, -0.15) is 0 Å². The molecule has 7 heteroatoms. The second kappa shape index (κ2) is 4.25. The molecule has 0 saturated carbocycles. The third-order valence-electron chi connectivity index (χ3n) is 2.87. The minimum absolute atomic E-state index is 0.00245. The number of benzene rings is 1. The maximum absolute atomic E-state index is 13.3. The van der Waals surface area contributed by atoms with Crippen molar-refractivity contribution in [1.82, 2.24) is 0 Å². The molecule has 0 spiro atoms. The van der Waals surface area contributed by atoms with Gasteiger partial charge in [-0.3, -0.25) is 9.59 Å². The van der Waals surface area contributed by atoms with Crippen LogP contribution in [0, 0.1) is 17.6 Å². The molecule has 1 aromatic rings. The molecule has 1 aromatic carbocycles. The molecule has 1 amide bonds. The quantitative estimate of drug-likeness (QED) is 0.773. The van der Waals surface area contributed by atoms with Crippen LogP contribution in [0.1, 0.15) is 6.42 Å². The van der Waals surface area contributed by atoms with Gasteiger partial charge in [-0.1, -0.05) is 0 Å². The van der Waals surface area contributed by atoms with Crippen LogP contribution in [0.15, 0.2) is 12.1 Å². The fraction of sp³-hybridized carbons (Fsp3) is 0.273. The average Bonchev–Trinajstić information content (AvgIpc) is 2.69. The molecule has 0 aromatic heterocycles. The van der Waals surface area contributed by atoms with Gasteiger partial charge in [0, 0.05) is 13.0 Å². The lowest BCUT2D eigenvalue weighted by Crippen LogP contribution is -2.27. The van der Waals surface area contributed by atoms with E-state index in [0.29, 0.717) is 0 Å². The molecule has 0 aliphatic carbocycles. The second-order valence-corrected chi connectivity index (χ2v) is 4.04. The number of hydrogen-bond donors (Lipinski definition) is 2. The molecule has 1 saturated heterocycles. The van der Waals surface area contributed by atoms with E-state index in [1.165, 1.54) is 0 Å². The molecule has 1 heterocycles. The first-order valence-electron chi connectivity index (χ1n) is 5.18. The van der Waals surface area contributed by atoms with Crippen molar-refractivity contribution in [3.05, 3.63) is 23.8 Å². The molecular weight excluding hydrogens is 246 g/mol. The number of hydrogen-bond acceptors (Lipinski definition) is 3. The van der Waals surface area contributed by atoms with Crippen molar-refractivity contribution in [2.24, 2.45) is 5.92 Å². The zero-order valence-corrected chi connectivity index (χ0v) is 9.19. The van der Waals surface area contributed by atoms with Crippen molar-refractivity contribution >= 4 is 23.3 Å². The molecule has 0 bridgehead atoms. The Morgan fingerprint density at radius 3 is 2.67 bits per heavy atom. The number of rotatable bonds is 2. The number of nitrogens with two attached hydrogens (primary N) is 1. The van der Waals surface area contributed by atoms with Crippen LogP contribution in [0.5, 0.6) is 0 Å². The molecule has 2 rings (SSSR count). The van der Waals surface area contributed by atoms with Gasteiger partial charge in [0.2, 0.25) is 5.91 Å². The van der Waals surface area contributed by atoms with Crippen LogP contribution in [0.3, 0.4) is 0 Å². The summed E-state index contributed by atoms with van der Waals surface area (Å²) in [5, 5.41) is 8.82. The Morgan fingerprint density at radius 2 is 2.11 bits per heavy atom. The van der Waals surface area contributed by atoms with E-state index >= 15 is 0 Å². The molecule has 96 valence electrons.